The van der Waals surface area contributed by atoms with E-state index in [2.05, 4.69) is 10.4 Å². The number of amides is 1. The lowest BCUT2D eigenvalue weighted by Gasteiger charge is -2.11. The number of nitrogens with zero attached hydrogens (tertiary/aromatic N) is 2. The normalized spacial score (nSPS) is 10.4. The zero-order valence-electron chi connectivity index (χ0n) is 14.8. The molecule has 0 unspecified atom stereocenters. The van der Waals surface area contributed by atoms with Crippen molar-refractivity contribution in [3.63, 3.8) is 0 Å². The van der Waals surface area contributed by atoms with Crippen molar-refractivity contribution in [1.82, 2.24) is 9.78 Å². The van der Waals surface area contributed by atoms with Crippen molar-refractivity contribution in [3.05, 3.63) is 66.5 Å². The minimum absolute atomic E-state index is 0.0625. The molecule has 3 rings (SSSR count). The molecule has 26 heavy (non-hydrogen) atoms. The molecule has 6 heteroatoms. The van der Waals surface area contributed by atoms with Crippen molar-refractivity contribution in [2.75, 3.05) is 19.5 Å². The number of benzene rings is 2. The van der Waals surface area contributed by atoms with Crippen LogP contribution in [0.3, 0.4) is 0 Å². The average molecular weight is 351 g/mol. The lowest BCUT2D eigenvalue weighted by molar-refractivity contribution is -0.116. The highest BCUT2D eigenvalue weighted by Crippen LogP contribution is 2.25. The van der Waals surface area contributed by atoms with Crippen LogP contribution < -0.4 is 14.8 Å². The third kappa shape index (κ3) is 4.22. The van der Waals surface area contributed by atoms with Gasteiger partial charge < -0.3 is 14.8 Å². The van der Waals surface area contributed by atoms with Crippen molar-refractivity contribution in [2.45, 2.75) is 12.8 Å². The Labute approximate surface area is 152 Å². The van der Waals surface area contributed by atoms with E-state index >= 15 is 0 Å². The van der Waals surface area contributed by atoms with Crippen LogP contribution in [0, 0.1) is 0 Å². The summed E-state index contributed by atoms with van der Waals surface area (Å²) >= 11 is 0. The maximum atomic E-state index is 12.3. The first-order valence-corrected chi connectivity index (χ1v) is 8.30. The number of carbonyl (C=O) groups excluding carboxylic acids is 1. The fourth-order valence-electron chi connectivity index (χ4n) is 2.70. The molecule has 1 N–H and O–H groups in total. The summed E-state index contributed by atoms with van der Waals surface area (Å²) in [5, 5.41) is 7.12. The second-order valence-electron chi connectivity index (χ2n) is 5.73. The number of hydrogen-bond donors (Lipinski definition) is 1. The number of aromatic nitrogens is 2. The molecule has 0 fully saturated rings. The van der Waals surface area contributed by atoms with Crippen LogP contribution in [0.1, 0.15) is 12.0 Å². The molecule has 0 spiro atoms. The SMILES string of the molecule is COc1ccc(OC)c(CCC(=O)Nc2cccc(-n3cccn3)c2)c1. The average Bonchev–Trinajstić information content (AvgIpc) is 3.21. The maximum absolute atomic E-state index is 12.3. The van der Waals surface area contributed by atoms with E-state index in [0.717, 1.165) is 28.4 Å². The van der Waals surface area contributed by atoms with Crippen LogP contribution in [0.2, 0.25) is 0 Å². The fourth-order valence-corrected chi connectivity index (χ4v) is 2.70. The minimum Gasteiger partial charge on any atom is -0.497 e. The predicted molar refractivity (Wildman–Crippen MR) is 100 cm³/mol. The molecule has 0 atom stereocenters. The zero-order chi connectivity index (χ0) is 18.4. The molecule has 1 amide bonds. The number of nitrogens with one attached hydrogen (secondary N) is 1. The summed E-state index contributed by atoms with van der Waals surface area (Å²) < 4.78 is 12.3. The zero-order valence-corrected chi connectivity index (χ0v) is 14.8. The summed E-state index contributed by atoms with van der Waals surface area (Å²) in [6.07, 6.45) is 4.48. The van der Waals surface area contributed by atoms with Gasteiger partial charge in [-0.15, -0.1) is 0 Å². The van der Waals surface area contributed by atoms with E-state index in [0.29, 0.717) is 12.8 Å². The van der Waals surface area contributed by atoms with Gasteiger partial charge in [-0.05, 0) is 54.4 Å². The van der Waals surface area contributed by atoms with Gasteiger partial charge in [0.25, 0.3) is 0 Å². The number of aryl methyl sites for hydroxylation is 1. The molecule has 0 saturated carbocycles. The molecule has 0 bridgehead atoms. The monoisotopic (exact) mass is 351 g/mol. The summed E-state index contributed by atoms with van der Waals surface area (Å²) in [5.41, 5.74) is 2.56. The Morgan fingerprint density at radius 1 is 1.12 bits per heavy atom. The van der Waals surface area contributed by atoms with Gasteiger partial charge in [0.2, 0.25) is 5.91 Å². The van der Waals surface area contributed by atoms with Crippen LogP contribution in [0.15, 0.2) is 60.9 Å². The highest BCUT2D eigenvalue weighted by atomic mass is 16.5. The van der Waals surface area contributed by atoms with Gasteiger partial charge in [0, 0.05) is 24.5 Å². The number of ether oxygens (including phenoxy) is 2. The molecule has 2 aromatic carbocycles. The first-order valence-electron chi connectivity index (χ1n) is 8.30. The quantitative estimate of drug-likeness (QED) is 0.708. The number of rotatable bonds is 7. The Kier molecular flexibility index (Phi) is 5.53. The highest BCUT2D eigenvalue weighted by molar-refractivity contribution is 5.91. The topological polar surface area (TPSA) is 65.4 Å². The van der Waals surface area contributed by atoms with E-state index in [1.807, 2.05) is 54.7 Å². The Bertz CT molecular complexity index is 876. The lowest BCUT2D eigenvalue weighted by Crippen LogP contribution is -2.13. The first-order chi connectivity index (χ1) is 12.7. The molecular weight excluding hydrogens is 330 g/mol. The van der Waals surface area contributed by atoms with Crippen LogP contribution in [-0.4, -0.2) is 29.9 Å². The third-order valence-electron chi connectivity index (χ3n) is 4.01. The van der Waals surface area contributed by atoms with Crippen LogP contribution in [0.5, 0.6) is 11.5 Å². The number of methoxy groups -OCH3 is 2. The molecule has 0 aliphatic heterocycles. The number of carbonyl (C=O) groups is 1. The summed E-state index contributed by atoms with van der Waals surface area (Å²) in [4.78, 5) is 12.3. The van der Waals surface area contributed by atoms with Crippen molar-refractivity contribution < 1.29 is 14.3 Å². The van der Waals surface area contributed by atoms with Crippen LogP contribution in [-0.2, 0) is 11.2 Å². The summed E-state index contributed by atoms with van der Waals surface area (Å²) in [6, 6.07) is 15.0. The standard InChI is InChI=1S/C20H21N3O3/c1-25-18-8-9-19(26-2)15(13-18)7-10-20(24)22-16-5-3-6-17(14-16)23-12-4-11-21-23/h3-6,8-9,11-14H,7,10H2,1-2H3,(H,22,24). The second-order valence-corrected chi connectivity index (χ2v) is 5.73. The van der Waals surface area contributed by atoms with Crippen LogP contribution >= 0.6 is 0 Å². The molecule has 134 valence electrons. The van der Waals surface area contributed by atoms with Gasteiger partial charge in [-0.25, -0.2) is 4.68 Å². The minimum atomic E-state index is -0.0625. The number of anilines is 1. The third-order valence-corrected chi connectivity index (χ3v) is 4.01. The Balaban J connectivity index is 1.64. The Hall–Kier alpha value is -3.28. The van der Waals surface area contributed by atoms with Crippen molar-refractivity contribution >= 4 is 11.6 Å². The molecule has 3 aromatic rings. The Morgan fingerprint density at radius 2 is 2.00 bits per heavy atom. The largest absolute Gasteiger partial charge is 0.497 e. The van der Waals surface area contributed by atoms with Gasteiger partial charge in [0.05, 0.1) is 19.9 Å². The van der Waals surface area contributed by atoms with E-state index in [9.17, 15) is 4.79 Å². The fraction of sp³-hybridized carbons (Fsp3) is 0.200. The highest BCUT2D eigenvalue weighted by Gasteiger charge is 2.09. The smallest absolute Gasteiger partial charge is 0.224 e. The predicted octanol–water partition coefficient (Wildman–Crippen LogP) is 3.46. The van der Waals surface area contributed by atoms with E-state index in [1.54, 1.807) is 25.1 Å². The van der Waals surface area contributed by atoms with Crippen LogP contribution in [0.4, 0.5) is 5.69 Å². The molecule has 1 heterocycles. The van der Waals surface area contributed by atoms with Gasteiger partial charge in [0.15, 0.2) is 0 Å². The van der Waals surface area contributed by atoms with Crippen LogP contribution in [0.25, 0.3) is 5.69 Å². The molecule has 1 aromatic heterocycles. The summed E-state index contributed by atoms with van der Waals surface area (Å²) in [5.74, 6) is 1.43. The molecular formula is C20H21N3O3. The summed E-state index contributed by atoms with van der Waals surface area (Å²) in [6.45, 7) is 0. The molecule has 0 aliphatic rings. The molecule has 0 radical (unpaired) electrons. The molecule has 6 nitrogen and oxygen atoms in total. The van der Waals surface area contributed by atoms with Crippen molar-refractivity contribution in [2.24, 2.45) is 0 Å². The van der Waals surface area contributed by atoms with E-state index in [1.165, 1.54) is 0 Å². The van der Waals surface area contributed by atoms with Gasteiger partial charge in [0.1, 0.15) is 11.5 Å². The van der Waals surface area contributed by atoms with E-state index in [-0.39, 0.29) is 5.91 Å². The maximum Gasteiger partial charge on any atom is 0.224 e. The van der Waals surface area contributed by atoms with Gasteiger partial charge in [-0.2, -0.15) is 5.10 Å². The first kappa shape index (κ1) is 17.5. The van der Waals surface area contributed by atoms with Gasteiger partial charge in [-0.3, -0.25) is 4.79 Å². The Morgan fingerprint density at radius 3 is 2.73 bits per heavy atom. The van der Waals surface area contributed by atoms with E-state index in [4.69, 9.17) is 9.47 Å². The molecule has 0 aliphatic carbocycles. The van der Waals surface area contributed by atoms with Gasteiger partial charge >= 0.3 is 0 Å². The van der Waals surface area contributed by atoms with E-state index < -0.39 is 0 Å². The second kappa shape index (κ2) is 8.20. The molecule has 0 saturated heterocycles. The van der Waals surface area contributed by atoms with Crippen molar-refractivity contribution in [3.8, 4) is 17.2 Å². The summed E-state index contributed by atoms with van der Waals surface area (Å²) in [7, 11) is 3.23. The number of hydrogen-bond acceptors (Lipinski definition) is 4. The lowest BCUT2D eigenvalue weighted by atomic mass is 10.1. The van der Waals surface area contributed by atoms with Gasteiger partial charge in [-0.1, -0.05) is 6.07 Å². The van der Waals surface area contributed by atoms with Crippen molar-refractivity contribution in [1.29, 1.82) is 0 Å².